The largest absolute Gasteiger partial charge is 0.386 e. The molecule has 0 saturated carbocycles. The van der Waals surface area contributed by atoms with E-state index >= 15 is 0 Å². The number of rotatable bonds is 3. The summed E-state index contributed by atoms with van der Waals surface area (Å²) < 4.78 is 4.82. The molecule has 0 radical (unpaired) electrons. The van der Waals surface area contributed by atoms with Crippen LogP contribution in [0.3, 0.4) is 0 Å². The zero-order valence-corrected chi connectivity index (χ0v) is 7.53. The van der Waals surface area contributed by atoms with Gasteiger partial charge in [0, 0.05) is 12.7 Å². The summed E-state index contributed by atoms with van der Waals surface area (Å²) in [5, 5.41) is 9.51. The molecule has 68 valence electrons. The lowest BCUT2D eigenvalue weighted by Crippen LogP contribution is -2.04. The number of terminal acetylenes is 1. The fraction of sp³-hybridized carbons (Fsp3) is 0.273. The van der Waals surface area contributed by atoms with E-state index in [1.54, 1.807) is 31.4 Å². The summed E-state index contributed by atoms with van der Waals surface area (Å²) in [4.78, 5) is 0. The number of methoxy groups -OCH3 is 1. The fourth-order valence-electron chi connectivity index (χ4n) is 1.06. The van der Waals surface area contributed by atoms with Gasteiger partial charge in [-0.15, -0.1) is 6.42 Å². The second-order valence-corrected chi connectivity index (χ2v) is 2.74. The SMILES string of the molecule is C#Cc1ccc([C@H](O)COC)cc1. The molecule has 1 aromatic rings. The van der Waals surface area contributed by atoms with Crippen LogP contribution in [0.15, 0.2) is 24.3 Å². The molecular formula is C11H12O2. The zero-order chi connectivity index (χ0) is 9.68. The molecule has 0 unspecified atom stereocenters. The minimum atomic E-state index is -0.572. The predicted octanol–water partition coefficient (Wildman–Crippen LogP) is 1.35. The van der Waals surface area contributed by atoms with Crippen LogP contribution in [0.4, 0.5) is 0 Å². The third-order valence-corrected chi connectivity index (χ3v) is 1.79. The minimum Gasteiger partial charge on any atom is -0.386 e. The number of hydrogen-bond donors (Lipinski definition) is 1. The molecule has 13 heavy (non-hydrogen) atoms. The summed E-state index contributed by atoms with van der Waals surface area (Å²) in [5.41, 5.74) is 1.63. The first-order chi connectivity index (χ1) is 6.27. The predicted molar refractivity (Wildman–Crippen MR) is 51.2 cm³/mol. The molecule has 2 nitrogen and oxygen atoms in total. The molecule has 0 fully saturated rings. The lowest BCUT2D eigenvalue weighted by Gasteiger charge is -2.08. The molecule has 0 aliphatic heterocycles. The van der Waals surface area contributed by atoms with Crippen molar-refractivity contribution >= 4 is 0 Å². The minimum absolute atomic E-state index is 0.301. The van der Waals surface area contributed by atoms with Crippen LogP contribution < -0.4 is 0 Å². The van der Waals surface area contributed by atoms with Crippen LogP contribution in [-0.4, -0.2) is 18.8 Å². The highest BCUT2D eigenvalue weighted by atomic mass is 16.5. The Hall–Kier alpha value is -1.30. The van der Waals surface area contributed by atoms with Crippen LogP contribution in [0.5, 0.6) is 0 Å². The third kappa shape index (κ3) is 2.59. The first-order valence-electron chi connectivity index (χ1n) is 4.01. The van der Waals surface area contributed by atoms with E-state index in [0.29, 0.717) is 6.61 Å². The maximum absolute atomic E-state index is 9.51. The molecule has 0 aliphatic rings. The van der Waals surface area contributed by atoms with Gasteiger partial charge >= 0.3 is 0 Å². The highest BCUT2D eigenvalue weighted by molar-refractivity contribution is 5.34. The number of benzene rings is 1. The quantitative estimate of drug-likeness (QED) is 0.704. The van der Waals surface area contributed by atoms with Gasteiger partial charge in [-0.2, -0.15) is 0 Å². The van der Waals surface area contributed by atoms with Crippen LogP contribution in [0.25, 0.3) is 0 Å². The zero-order valence-electron chi connectivity index (χ0n) is 7.53. The number of ether oxygens (including phenoxy) is 1. The fourth-order valence-corrected chi connectivity index (χ4v) is 1.06. The molecule has 0 aliphatic carbocycles. The number of aliphatic hydroxyl groups excluding tert-OH is 1. The van der Waals surface area contributed by atoms with E-state index in [1.807, 2.05) is 0 Å². The van der Waals surface area contributed by atoms with Crippen LogP contribution in [-0.2, 0) is 4.74 Å². The van der Waals surface area contributed by atoms with Gasteiger partial charge < -0.3 is 9.84 Å². The lowest BCUT2D eigenvalue weighted by molar-refractivity contribution is 0.0644. The molecule has 0 spiro atoms. The van der Waals surface area contributed by atoms with Crippen LogP contribution >= 0.6 is 0 Å². The van der Waals surface area contributed by atoms with E-state index < -0.39 is 6.10 Å². The maximum atomic E-state index is 9.51. The first-order valence-corrected chi connectivity index (χ1v) is 4.01. The van der Waals surface area contributed by atoms with Crippen LogP contribution in [0.1, 0.15) is 17.2 Å². The van der Waals surface area contributed by atoms with E-state index in [9.17, 15) is 5.11 Å². The smallest absolute Gasteiger partial charge is 0.102 e. The van der Waals surface area contributed by atoms with Crippen molar-refractivity contribution in [3.8, 4) is 12.3 Å². The van der Waals surface area contributed by atoms with E-state index in [2.05, 4.69) is 5.92 Å². The van der Waals surface area contributed by atoms with E-state index in [1.165, 1.54) is 0 Å². The summed E-state index contributed by atoms with van der Waals surface area (Å²) >= 11 is 0. The Kier molecular flexibility index (Phi) is 3.51. The third-order valence-electron chi connectivity index (χ3n) is 1.79. The highest BCUT2D eigenvalue weighted by Crippen LogP contribution is 2.13. The average molecular weight is 176 g/mol. The molecule has 2 heteroatoms. The summed E-state index contributed by atoms with van der Waals surface area (Å²) in [7, 11) is 1.55. The Labute approximate surface area is 78.2 Å². The van der Waals surface area contributed by atoms with E-state index in [-0.39, 0.29) is 0 Å². The molecule has 0 aromatic heterocycles. The highest BCUT2D eigenvalue weighted by Gasteiger charge is 2.05. The van der Waals surface area contributed by atoms with Gasteiger partial charge in [0.15, 0.2) is 0 Å². The second kappa shape index (κ2) is 4.66. The van der Waals surface area contributed by atoms with E-state index in [0.717, 1.165) is 11.1 Å². The molecular weight excluding hydrogens is 164 g/mol. The standard InChI is InChI=1S/C11H12O2/c1-3-9-4-6-10(7-5-9)11(12)8-13-2/h1,4-7,11-12H,8H2,2H3/t11-/m1/s1. The molecule has 1 N–H and O–H groups in total. The van der Waals surface area contributed by atoms with Gasteiger partial charge in [0.1, 0.15) is 6.10 Å². The molecule has 0 heterocycles. The first kappa shape index (κ1) is 9.79. The topological polar surface area (TPSA) is 29.5 Å². The molecule has 0 amide bonds. The number of hydrogen-bond acceptors (Lipinski definition) is 2. The van der Waals surface area contributed by atoms with Crippen molar-refractivity contribution in [2.45, 2.75) is 6.10 Å². The van der Waals surface area contributed by atoms with Crippen molar-refractivity contribution in [2.24, 2.45) is 0 Å². The van der Waals surface area contributed by atoms with Crippen molar-refractivity contribution in [3.63, 3.8) is 0 Å². The van der Waals surface area contributed by atoms with Crippen molar-refractivity contribution < 1.29 is 9.84 Å². The summed E-state index contributed by atoms with van der Waals surface area (Å²) in [6, 6.07) is 7.21. The average Bonchev–Trinajstić information content (AvgIpc) is 2.18. The second-order valence-electron chi connectivity index (χ2n) is 2.74. The van der Waals surface area contributed by atoms with Gasteiger partial charge in [0.05, 0.1) is 6.61 Å². The molecule has 0 saturated heterocycles. The number of aliphatic hydroxyl groups is 1. The van der Waals surface area contributed by atoms with Gasteiger partial charge in [-0.3, -0.25) is 0 Å². The van der Waals surface area contributed by atoms with E-state index in [4.69, 9.17) is 11.2 Å². The summed E-state index contributed by atoms with van der Waals surface area (Å²) in [5.74, 6) is 2.51. The van der Waals surface area contributed by atoms with Gasteiger partial charge in [-0.1, -0.05) is 18.1 Å². The van der Waals surface area contributed by atoms with Crippen molar-refractivity contribution in [2.75, 3.05) is 13.7 Å². The van der Waals surface area contributed by atoms with Crippen molar-refractivity contribution in [3.05, 3.63) is 35.4 Å². The lowest BCUT2D eigenvalue weighted by atomic mass is 10.1. The molecule has 1 aromatic carbocycles. The summed E-state index contributed by atoms with van der Waals surface area (Å²) in [6.45, 7) is 0.301. The van der Waals surface area contributed by atoms with Gasteiger partial charge in [-0.05, 0) is 17.7 Å². The van der Waals surface area contributed by atoms with Crippen LogP contribution in [0, 0.1) is 12.3 Å². The van der Waals surface area contributed by atoms with Crippen molar-refractivity contribution in [1.29, 1.82) is 0 Å². The Balaban J connectivity index is 2.75. The van der Waals surface area contributed by atoms with Gasteiger partial charge in [0.25, 0.3) is 0 Å². The van der Waals surface area contributed by atoms with Crippen LogP contribution in [0.2, 0.25) is 0 Å². The molecule has 0 bridgehead atoms. The van der Waals surface area contributed by atoms with Crippen molar-refractivity contribution in [1.82, 2.24) is 0 Å². The summed E-state index contributed by atoms with van der Waals surface area (Å²) in [6.07, 6.45) is 4.63. The Bertz CT molecular complexity index is 295. The Morgan fingerprint density at radius 2 is 2.08 bits per heavy atom. The van der Waals surface area contributed by atoms with Gasteiger partial charge in [0.2, 0.25) is 0 Å². The molecule has 1 rings (SSSR count). The maximum Gasteiger partial charge on any atom is 0.102 e. The monoisotopic (exact) mass is 176 g/mol. The normalized spacial score (nSPS) is 12.1. The van der Waals surface area contributed by atoms with Gasteiger partial charge in [-0.25, -0.2) is 0 Å². The Morgan fingerprint density at radius 1 is 1.46 bits per heavy atom. The Morgan fingerprint density at radius 3 is 2.54 bits per heavy atom. The molecule has 1 atom stereocenters.